The highest BCUT2D eigenvalue weighted by Gasteiger charge is 2.26. The average Bonchev–Trinajstić information content (AvgIpc) is 2.93. The zero-order chi connectivity index (χ0) is 26.2. The van der Waals surface area contributed by atoms with Crippen molar-refractivity contribution in [2.24, 2.45) is 0 Å². The zero-order valence-electron chi connectivity index (χ0n) is 22.3. The quantitative estimate of drug-likeness (QED) is 0.430. The summed E-state index contributed by atoms with van der Waals surface area (Å²) in [5, 5.41) is 3.09. The van der Waals surface area contributed by atoms with Gasteiger partial charge in [0.1, 0.15) is 5.75 Å². The highest BCUT2D eigenvalue weighted by atomic mass is 16.5. The van der Waals surface area contributed by atoms with Gasteiger partial charge in [-0.25, -0.2) is 0 Å². The van der Waals surface area contributed by atoms with E-state index in [1.54, 1.807) is 21.3 Å². The minimum absolute atomic E-state index is 0.0678. The van der Waals surface area contributed by atoms with Gasteiger partial charge in [0.25, 0.3) is 5.91 Å². The Kier molecular flexibility index (Phi) is 9.01. The van der Waals surface area contributed by atoms with Gasteiger partial charge >= 0.3 is 0 Å². The van der Waals surface area contributed by atoms with E-state index in [0.29, 0.717) is 30.0 Å². The van der Waals surface area contributed by atoms with Gasteiger partial charge in [-0.1, -0.05) is 18.2 Å². The Morgan fingerprint density at radius 2 is 1.73 bits per heavy atom. The second-order valence-electron chi connectivity index (χ2n) is 9.48. The van der Waals surface area contributed by atoms with E-state index >= 15 is 0 Å². The van der Waals surface area contributed by atoms with Crippen LogP contribution in [0.15, 0.2) is 54.6 Å². The summed E-state index contributed by atoms with van der Waals surface area (Å²) >= 11 is 0. The Morgan fingerprint density at radius 1 is 0.946 bits per heavy atom. The summed E-state index contributed by atoms with van der Waals surface area (Å²) in [5.74, 6) is 2.47. The Labute approximate surface area is 219 Å². The normalized spacial score (nSPS) is 14.3. The molecule has 1 aliphatic heterocycles. The first-order valence-electron chi connectivity index (χ1n) is 12.8. The molecule has 7 heteroatoms. The van der Waals surface area contributed by atoms with Crippen LogP contribution in [-0.2, 0) is 13.0 Å². The van der Waals surface area contributed by atoms with Crippen LogP contribution >= 0.6 is 0 Å². The summed E-state index contributed by atoms with van der Waals surface area (Å²) < 4.78 is 16.1. The van der Waals surface area contributed by atoms with Crippen molar-refractivity contribution in [2.45, 2.75) is 38.6 Å². The van der Waals surface area contributed by atoms with Gasteiger partial charge in [0.15, 0.2) is 11.5 Å². The van der Waals surface area contributed by atoms with E-state index in [1.807, 2.05) is 49.4 Å². The summed E-state index contributed by atoms with van der Waals surface area (Å²) in [5.41, 5.74) is 4.87. The molecule has 196 valence electrons. The number of nitrogens with zero attached hydrogens (tertiary/aromatic N) is 2. The van der Waals surface area contributed by atoms with E-state index in [-0.39, 0.29) is 11.8 Å². The molecule has 1 N–H and O–H groups in total. The molecule has 0 radical (unpaired) electrons. The molecule has 1 aliphatic rings. The lowest BCUT2D eigenvalue weighted by Crippen LogP contribution is -2.34. The van der Waals surface area contributed by atoms with Crippen LogP contribution in [0.25, 0.3) is 0 Å². The molecule has 1 amide bonds. The number of piperidine rings is 1. The number of hydrogen-bond donors (Lipinski definition) is 1. The largest absolute Gasteiger partial charge is 0.497 e. The van der Waals surface area contributed by atoms with Crippen molar-refractivity contribution in [1.82, 2.24) is 15.2 Å². The number of carbonyl (C=O) groups is 1. The Hall–Kier alpha value is -3.58. The van der Waals surface area contributed by atoms with Crippen LogP contribution in [0.3, 0.4) is 0 Å². The number of pyridine rings is 1. The summed E-state index contributed by atoms with van der Waals surface area (Å²) in [6, 6.07) is 17.9. The second-order valence-corrected chi connectivity index (χ2v) is 9.48. The summed E-state index contributed by atoms with van der Waals surface area (Å²) in [6.45, 7) is 5.35. The number of methoxy groups -OCH3 is 3. The van der Waals surface area contributed by atoms with Crippen molar-refractivity contribution in [1.29, 1.82) is 0 Å². The summed E-state index contributed by atoms with van der Waals surface area (Å²) in [4.78, 5) is 20.5. The number of rotatable bonds is 10. The third-order valence-electron chi connectivity index (χ3n) is 6.97. The minimum Gasteiger partial charge on any atom is -0.497 e. The zero-order valence-corrected chi connectivity index (χ0v) is 22.3. The van der Waals surface area contributed by atoms with Crippen LogP contribution < -0.4 is 19.5 Å². The van der Waals surface area contributed by atoms with Crippen molar-refractivity contribution in [3.63, 3.8) is 0 Å². The van der Waals surface area contributed by atoms with E-state index in [4.69, 9.17) is 19.2 Å². The van der Waals surface area contributed by atoms with Gasteiger partial charge in [-0.15, -0.1) is 0 Å². The molecule has 0 atom stereocenters. The molecule has 0 unspecified atom stereocenters. The Bertz CT molecular complexity index is 1210. The number of aromatic nitrogens is 1. The first-order valence-corrected chi connectivity index (χ1v) is 12.8. The van der Waals surface area contributed by atoms with Crippen molar-refractivity contribution in [3.8, 4) is 17.2 Å². The van der Waals surface area contributed by atoms with Crippen LogP contribution in [0.1, 0.15) is 51.6 Å². The predicted molar refractivity (Wildman–Crippen MR) is 145 cm³/mol. The van der Waals surface area contributed by atoms with Crippen LogP contribution in [0, 0.1) is 6.92 Å². The van der Waals surface area contributed by atoms with Crippen molar-refractivity contribution in [3.05, 3.63) is 82.7 Å². The molecule has 37 heavy (non-hydrogen) atoms. The van der Waals surface area contributed by atoms with Crippen molar-refractivity contribution in [2.75, 3.05) is 41.0 Å². The molecule has 0 bridgehead atoms. The molecular weight excluding hydrogens is 466 g/mol. The number of carbonyl (C=O) groups excluding carboxylic acids is 1. The number of likely N-dealkylation sites (tertiary alicyclic amines) is 1. The van der Waals surface area contributed by atoms with Crippen molar-refractivity contribution >= 4 is 5.91 Å². The van der Waals surface area contributed by atoms with Gasteiger partial charge in [0.05, 0.1) is 32.6 Å². The smallest absolute Gasteiger partial charge is 0.253 e. The van der Waals surface area contributed by atoms with E-state index in [9.17, 15) is 4.79 Å². The molecule has 0 spiro atoms. The fourth-order valence-corrected chi connectivity index (χ4v) is 4.93. The molecule has 0 aliphatic carbocycles. The summed E-state index contributed by atoms with van der Waals surface area (Å²) in [7, 11) is 4.94. The standard InChI is InChI=1S/C30H37N3O4/c1-21-8-10-26(30(34)31-15-12-22-9-11-27(36-3)28(19-22)37-4)29(32-21)24-13-16-33(17-14-24)20-23-6-5-7-25(18-23)35-2/h5-11,18-19,24H,12-17,20H2,1-4H3,(H,31,34). The number of ether oxygens (including phenoxy) is 3. The monoisotopic (exact) mass is 503 g/mol. The van der Waals surface area contributed by atoms with Crippen LogP contribution in [0.4, 0.5) is 0 Å². The lowest BCUT2D eigenvalue weighted by Gasteiger charge is -2.32. The van der Waals surface area contributed by atoms with Gasteiger partial charge in [0, 0.05) is 24.7 Å². The van der Waals surface area contributed by atoms with Gasteiger partial charge in [-0.05, 0) is 86.8 Å². The Balaban J connectivity index is 1.36. The van der Waals surface area contributed by atoms with E-state index < -0.39 is 0 Å². The fraction of sp³-hybridized carbons (Fsp3) is 0.400. The SMILES string of the molecule is COc1cccc(CN2CCC(c3nc(C)ccc3C(=O)NCCc3ccc(OC)c(OC)c3)CC2)c1. The number of benzene rings is 2. The summed E-state index contributed by atoms with van der Waals surface area (Å²) in [6.07, 6.45) is 2.65. The average molecular weight is 504 g/mol. The number of nitrogens with one attached hydrogen (secondary N) is 1. The topological polar surface area (TPSA) is 72.9 Å². The van der Waals surface area contributed by atoms with Gasteiger partial charge in [-0.2, -0.15) is 0 Å². The highest BCUT2D eigenvalue weighted by Crippen LogP contribution is 2.31. The van der Waals surface area contributed by atoms with Crippen LogP contribution in [0.2, 0.25) is 0 Å². The van der Waals surface area contributed by atoms with Gasteiger partial charge < -0.3 is 19.5 Å². The second kappa shape index (κ2) is 12.6. The molecule has 4 rings (SSSR count). The van der Waals surface area contributed by atoms with E-state index in [0.717, 1.165) is 55.2 Å². The van der Waals surface area contributed by atoms with Crippen LogP contribution in [-0.4, -0.2) is 56.8 Å². The lowest BCUT2D eigenvalue weighted by molar-refractivity contribution is 0.0951. The maximum atomic E-state index is 13.2. The molecule has 3 aromatic rings. The molecule has 2 heterocycles. The van der Waals surface area contributed by atoms with Crippen LogP contribution in [0.5, 0.6) is 17.2 Å². The number of hydrogen-bond acceptors (Lipinski definition) is 6. The fourth-order valence-electron chi connectivity index (χ4n) is 4.93. The maximum Gasteiger partial charge on any atom is 0.253 e. The van der Waals surface area contributed by atoms with Gasteiger partial charge in [-0.3, -0.25) is 14.7 Å². The highest BCUT2D eigenvalue weighted by molar-refractivity contribution is 5.95. The molecule has 2 aromatic carbocycles. The molecule has 7 nitrogen and oxygen atoms in total. The number of aryl methyl sites for hydroxylation is 1. The molecule has 1 fully saturated rings. The van der Waals surface area contributed by atoms with E-state index in [1.165, 1.54) is 5.56 Å². The van der Waals surface area contributed by atoms with E-state index in [2.05, 4.69) is 22.3 Å². The van der Waals surface area contributed by atoms with Crippen molar-refractivity contribution < 1.29 is 19.0 Å². The Morgan fingerprint density at radius 3 is 2.46 bits per heavy atom. The van der Waals surface area contributed by atoms with Gasteiger partial charge in [0.2, 0.25) is 0 Å². The minimum atomic E-state index is -0.0678. The number of amides is 1. The molecular formula is C30H37N3O4. The molecule has 1 saturated heterocycles. The molecule has 1 aromatic heterocycles. The first kappa shape index (κ1) is 26.5. The molecule has 0 saturated carbocycles. The lowest BCUT2D eigenvalue weighted by atomic mass is 9.89. The third-order valence-corrected chi connectivity index (χ3v) is 6.97. The predicted octanol–water partition coefficient (Wildman–Crippen LogP) is 4.77. The third kappa shape index (κ3) is 6.80. The first-order chi connectivity index (χ1) is 18.0. The maximum absolute atomic E-state index is 13.2.